The molecule has 0 unspecified atom stereocenters. The fraction of sp³-hybridized carbons (Fsp3) is 0.0667. The first-order valence-corrected chi connectivity index (χ1v) is 8.09. The van der Waals surface area contributed by atoms with Gasteiger partial charge in [-0.3, -0.25) is 4.79 Å². The molecule has 0 bridgehead atoms. The van der Waals surface area contributed by atoms with Crippen molar-refractivity contribution in [3.63, 3.8) is 0 Å². The van der Waals surface area contributed by atoms with Crippen LogP contribution in [0.1, 0.15) is 16.4 Å². The van der Waals surface area contributed by atoms with E-state index in [0.29, 0.717) is 21.5 Å². The number of pyridine rings is 1. The second-order valence-corrected chi connectivity index (χ2v) is 5.99. The molecule has 1 aromatic carbocycles. The standard InChI is InChI=1S/C15H7F3N6O2S/c16-15(17,18)14-21-12(23-26-14)7-1-3-8(4-2-7)20-13(25)10-11-9(5-6-19-10)22-24-27-11/h1-6H,(H,20,25). The van der Waals surface area contributed by atoms with E-state index in [4.69, 9.17) is 0 Å². The van der Waals surface area contributed by atoms with E-state index in [1.54, 1.807) is 6.07 Å². The lowest BCUT2D eigenvalue weighted by atomic mass is 10.2. The maximum absolute atomic E-state index is 12.5. The summed E-state index contributed by atoms with van der Waals surface area (Å²) in [5, 5.41) is 9.84. The van der Waals surface area contributed by atoms with E-state index in [2.05, 4.69) is 34.6 Å². The van der Waals surface area contributed by atoms with Gasteiger partial charge in [0.1, 0.15) is 15.9 Å². The average molecular weight is 392 g/mol. The zero-order valence-corrected chi connectivity index (χ0v) is 13.9. The summed E-state index contributed by atoms with van der Waals surface area (Å²) in [6.45, 7) is 0. The Bertz CT molecular complexity index is 1120. The first-order valence-electron chi connectivity index (χ1n) is 7.31. The molecule has 136 valence electrons. The van der Waals surface area contributed by atoms with Crippen LogP contribution in [0.4, 0.5) is 18.9 Å². The summed E-state index contributed by atoms with van der Waals surface area (Å²) in [5.41, 5.74) is 1.46. The molecule has 4 aromatic rings. The number of carbonyl (C=O) groups excluding carboxylic acids is 1. The molecule has 1 amide bonds. The maximum atomic E-state index is 12.5. The number of nitrogens with one attached hydrogen (secondary N) is 1. The van der Waals surface area contributed by atoms with Crippen molar-refractivity contribution in [2.45, 2.75) is 6.18 Å². The van der Waals surface area contributed by atoms with Gasteiger partial charge in [0.05, 0.1) is 0 Å². The topological polar surface area (TPSA) is 107 Å². The molecular formula is C15H7F3N6O2S. The third-order valence-electron chi connectivity index (χ3n) is 3.45. The van der Waals surface area contributed by atoms with Crippen LogP contribution in [0, 0.1) is 0 Å². The normalized spacial score (nSPS) is 11.7. The Morgan fingerprint density at radius 2 is 1.93 bits per heavy atom. The Hall–Kier alpha value is -3.41. The van der Waals surface area contributed by atoms with Gasteiger partial charge in [0.2, 0.25) is 5.82 Å². The van der Waals surface area contributed by atoms with Crippen LogP contribution in [-0.2, 0) is 6.18 Å². The minimum Gasteiger partial charge on any atom is -0.329 e. The molecule has 0 aliphatic carbocycles. The van der Waals surface area contributed by atoms with Gasteiger partial charge in [-0.2, -0.15) is 18.2 Å². The van der Waals surface area contributed by atoms with Gasteiger partial charge in [-0.15, -0.1) is 5.10 Å². The quantitative estimate of drug-likeness (QED) is 0.569. The minimum atomic E-state index is -4.71. The predicted octanol–water partition coefficient (Wildman–Crippen LogP) is 3.41. The maximum Gasteiger partial charge on any atom is 0.471 e. The summed E-state index contributed by atoms with van der Waals surface area (Å²) in [5.74, 6) is -2.09. The van der Waals surface area contributed by atoms with E-state index in [1.807, 2.05) is 0 Å². The van der Waals surface area contributed by atoms with Crippen molar-refractivity contribution in [2.75, 3.05) is 5.32 Å². The molecule has 0 aliphatic heterocycles. The zero-order chi connectivity index (χ0) is 19.0. The van der Waals surface area contributed by atoms with Crippen LogP contribution in [0.2, 0.25) is 0 Å². The van der Waals surface area contributed by atoms with E-state index in [0.717, 1.165) is 11.5 Å². The second-order valence-electron chi connectivity index (χ2n) is 5.23. The van der Waals surface area contributed by atoms with Crippen molar-refractivity contribution in [1.29, 1.82) is 0 Å². The summed E-state index contributed by atoms with van der Waals surface area (Å²) in [7, 11) is 0. The minimum absolute atomic E-state index is 0.180. The lowest BCUT2D eigenvalue weighted by molar-refractivity contribution is -0.159. The fourth-order valence-electron chi connectivity index (χ4n) is 2.22. The van der Waals surface area contributed by atoms with Crippen LogP contribution in [0.5, 0.6) is 0 Å². The van der Waals surface area contributed by atoms with Gasteiger partial charge in [0, 0.05) is 17.4 Å². The molecule has 0 spiro atoms. The Balaban J connectivity index is 1.53. The zero-order valence-electron chi connectivity index (χ0n) is 13.1. The highest BCUT2D eigenvalue weighted by Crippen LogP contribution is 2.29. The lowest BCUT2D eigenvalue weighted by Crippen LogP contribution is -2.13. The highest BCUT2D eigenvalue weighted by molar-refractivity contribution is 7.13. The van der Waals surface area contributed by atoms with E-state index in [1.165, 1.54) is 30.5 Å². The van der Waals surface area contributed by atoms with Gasteiger partial charge in [-0.05, 0) is 41.9 Å². The van der Waals surface area contributed by atoms with Gasteiger partial charge in [-0.1, -0.05) is 9.64 Å². The molecule has 0 saturated carbocycles. The summed E-state index contributed by atoms with van der Waals surface area (Å²) in [4.78, 5) is 19.8. The highest BCUT2D eigenvalue weighted by atomic mass is 32.1. The van der Waals surface area contributed by atoms with Gasteiger partial charge in [0.25, 0.3) is 5.91 Å². The van der Waals surface area contributed by atoms with Crippen LogP contribution in [-0.4, -0.2) is 30.6 Å². The molecule has 0 aliphatic rings. The monoisotopic (exact) mass is 392 g/mol. The van der Waals surface area contributed by atoms with Crippen LogP contribution in [0.15, 0.2) is 41.1 Å². The molecule has 12 heteroatoms. The van der Waals surface area contributed by atoms with Crippen LogP contribution < -0.4 is 5.32 Å². The van der Waals surface area contributed by atoms with Crippen LogP contribution in [0.3, 0.4) is 0 Å². The number of rotatable bonds is 3. The number of halogens is 3. The lowest BCUT2D eigenvalue weighted by Gasteiger charge is -2.05. The van der Waals surface area contributed by atoms with Crippen LogP contribution >= 0.6 is 11.5 Å². The molecule has 0 radical (unpaired) electrons. The third-order valence-corrected chi connectivity index (χ3v) is 4.20. The average Bonchev–Trinajstić information content (AvgIpc) is 3.31. The number of anilines is 1. The molecule has 0 saturated heterocycles. The summed E-state index contributed by atoms with van der Waals surface area (Å²) < 4.78 is 46.1. The number of alkyl halides is 3. The van der Waals surface area contributed by atoms with Crippen LogP contribution in [0.25, 0.3) is 21.6 Å². The largest absolute Gasteiger partial charge is 0.471 e. The molecule has 0 fully saturated rings. The molecule has 4 rings (SSSR count). The van der Waals surface area contributed by atoms with Crippen molar-refractivity contribution in [1.82, 2.24) is 24.7 Å². The van der Waals surface area contributed by atoms with Crippen molar-refractivity contribution >= 4 is 33.3 Å². The summed E-state index contributed by atoms with van der Waals surface area (Å²) >= 11 is 1.05. The highest BCUT2D eigenvalue weighted by Gasteiger charge is 2.38. The van der Waals surface area contributed by atoms with Crippen molar-refractivity contribution < 1.29 is 22.5 Å². The number of fused-ring (bicyclic) bond motifs is 1. The summed E-state index contributed by atoms with van der Waals surface area (Å²) in [6, 6.07) is 7.57. The molecule has 27 heavy (non-hydrogen) atoms. The Morgan fingerprint density at radius 3 is 2.63 bits per heavy atom. The van der Waals surface area contributed by atoms with Crippen molar-refractivity contribution in [2.24, 2.45) is 0 Å². The van der Waals surface area contributed by atoms with Gasteiger partial charge < -0.3 is 9.84 Å². The molecular weight excluding hydrogens is 385 g/mol. The van der Waals surface area contributed by atoms with E-state index in [9.17, 15) is 18.0 Å². The number of amides is 1. The van der Waals surface area contributed by atoms with Crippen molar-refractivity contribution in [3.8, 4) is 11.4 Å². The van der Waals surface area contributed by atoms with E-state index in [-0.39, 0.29) is 11.5 Å². The molecule has 1 N–H and O–H groups in total. The smallest absolute Gasteiger partial charge is 0.329 e. The number of aromatic nitrogens is 5. The van der Waals surface area contributed by atoms with Crippen molar-refractivity contribution in [3.05, 3.63) is 48.1 Å². The SMILES string of the molecule is O=C(Nc1ccc(-c2noc(C(F)(F)F)n2)cc1)c1nccc2nnsc12. The van der Waals surface area contributed by atoms with Gasteiger partial charge in [-0.25, -0.2) is 4.98 Å². The Kier molecular flexibility index (Phi) is 4.03. The number of nitrogens with zero attached hydrogens (tertiary/aromatic N) is 5. The number of benzene rings is 1. The molecule has 3 heterocycles. The molecule has 0 atom stereocenters. The number of carbonyl (C=O) groups is 1. The first kappa shape index (κ1) is 17.0. The Morgan fingerprint density at radius 1 is 1.15 bits per heavy atom. The second kappa shape index (κ2) is 6.39. The fourth-order valence-corrected chi connectivity index (χ4v) is 2.87. The predicted molar refractivity (Wildman–Crippen MR) is 87.9 cm³/mol. The Labute approximate surface area is 152 Å². The molecule has 8 nitrogen and oxygen atoms in total. The van der Waals surface area contributed by atoms with Gasteiger partial charge >= 0.3 is 12.1 Å². The molecule has 3 aromatic heterocycles. The van der Waals surface area contributed by atoms with E-state index < -0.39 is 18.0 Å². The number of hydrogen-bond donors (Lipinski definition) is 1. The third kappa shape index (κ3) is 3.33. The van der Waals surface area contributed by atoms with Gasteiger partial charge in [0.15, 0.2) is 0 Å². The summed E-state index contributed by atoms with van der Waals surface area (Å²) in [6.07, 6.45) is -3.26. The van der Waals surface area contributed by atoms with E-state index >= 15 is 0 Å². The number of hydrogen-bond acceptors (Lipinski definition) is 8. The first-order chi connectivity index (χ1) is 12.9.